The van der Waals surface area contributed by atoms with Crippen LogP contribution in [0.3, 0.4) is 0 Å². The van der Waals surface area contributed by atoms with Gasteiger partial charge in [-0.1, -0.05) is 30.4 Å². The smallest absolute Gasteiger partial charge is 0.412 e. The normalized spacial score (nSPS) is 11.8. The number of hydrogen-bond acceptors (Lipinski definition) is 7. The molecule has 33 heavy (non-hydrogen) atoms. The van der Waals surface area contributed by atoms with Crippen molar-refractivity contribution in [1.29, 1.82) is 0 Å². The molecule has 0 fully saturated rings. The highest BCUT2D eigenvalue weighted by Crippen LogP contribution is 2.28. The van der Waals surface area contributed by atoms with E-state index in [1.54, 1.807) is 62.6 Å². The Labute approximate surface area is 193 Å². The number of aliphatic hydroxyl groups excluding tert-OH is 1. The van der Waals surface area contributed by atoms with Crippen molar-refractivity contribution in [3.63, 3.8) is 0 Å². The minimum absolute atomic E-state index is 0.0923. The van der Waals surface area contributed by atoms with Crippen LogP contribution in [0.2, 0.25) is 0 Å². The minimum atomic E-state index is -0.668. The number of methoxy groups -OCH3 is 1. The summed E-state index contributed by atoms with van der Waals surface area (Å²) >= 11 is 0. The van der Waals surface area contributed by atoms with Crippen LogP contribution in [-0.4, -0.2) is 44.1 Å². The third-order valence-corrected chi connectivity index (χ3v) is 4.41. The second-order valence-corrected chi connectivity index (χ2v) is 7.00. The summed E-state index contributed by atoms with van der Waals surface area (Å²) in [5.41, 5.74) is 1.93. The number of aliphatic hydroxyl groups is 1. The number of carbonyl (C=O) groups is 2. The monoisotopic (exact) mass is 455 g/mol. The van der Waals surface area contributed by atoms with E-state index in [1.165, 1.54) is 12.2 Å². The van der Waals surface area contributed by atoms with Crippen molar-refractivity contribution in [2.45, 2.75) is 19.4 Å². The van der Waals surface area contributed by atoms with Gasteiger partial charge in [-0.05, 0) is 48.9 Å². The van der Waals surface area contributed by atoms with Crippen LogP contribution in [0, 0.1) is 0 Å². The van der Waals surface area contributed by atoms with Gasteiger partial charge < -0.3 is 24.1 Å². The lowest BCUT2D eigenvalue weighted by Gasteiger charge is -2.19. The molecule has 0 aliphatic heterocycles. The lowest BCUT2D eigenvalue weighted by molar-refractivity contribution is -0.136. The van der Waals surface area contributed by atoms with Gasteiger partial charge in [0.25, 0.3) is 0 Å². The van der Waals surface area contributed by atoms with Crippen LogP contribution < -0.4 is 14.8 Å². The predicted octanol–water partition coefficient (Wildman–Crippen LogP) is 4.42. The largest absolute Gasteiger partial charge is 0.497 e. The topological polar surface area (TPSA) is 103 Å². The van der Waals surface area contributed by atoms with Gasteiger partial charge in [0.1, 0.15) is 30.8 Å². The number of amides is 1. The summed E-state index contributed by atoms with van der Waals surface area (Å²) in [5, 5.41) is 11.6. The molecule has 0 aliphatic rings. The zero-order valence-electron chi connectivity index (χ0n) is 18.8. The van der Waals surface area contributed by atoms with Gasteiger partial charge >= 0.3 is 12.1 Å². The quantitative estimate of drug-likeness (QED) is 0.277. The fraction of sp³-hybridized carbons (Fsp3) is 0.280. The Morgan fingerprint density at radius 1 is 1.09 bits per heavy atom. The lowest BCUT2D eigenvalue weighted by atomic mass is 10.0. The molecule has 2 aromatic rings. The maximum atomic E-state index is 12.6. The van der Waals surface area contributed by atoms with E-state index in [1.807, 2.05) is 0 Å². The minimum Gasteiger partial charge on any atom is -0.497 e. The molecular formula is C25H29NO7. The zero-order chi connectivity index (χ0) is 24.1. The highest BCUT2D eigenvalue weighted by molar-refractivity contribution is 5.85. The first kappa shape index (κ1) is 25.5. The average molecular weight is 456 g/mol. The molecule has 1 atom stereocenters. The number of esters is 1. The van der Waals surface area contributed by atoms with Gasteiger partial charge in [0.2, 0.25) is 0 Å². The van der Waals surface area contributed by atoms with Gasteiger partial charge in [0, 0.05) is 18.2 Å². The van der Waals surface area contributed by atoms with E-state index in [9.17, 15) is 9.59 Å². The molecule has 0 unspecified atom stereocenters. The van der Waals surface area contributed by atoms with Crippen molar-refractivity contribution >= 4 is 17.7 Å². The molecule has 1 amide bonds. The molecule has 0 saturated heterocycles. The molecule has 0 saturated carbocycles. The van der Waals surface area contributed by atoms with Crippen molar-refractivity contribution in [1.82, 2.24) is 0 Å². The molecule has 0 aliphatic carbocycles. The molecule has 0 spiro atoms. The van der Waals surface area contributed by atoms with Gasteiger partial charge in [0.15, 0.2) is 0 Å². The first-order chi connectivity index (χ1) is 15.9. The Kier molecular flexibility index (Phi) is 10.5. The molecule has 0 heterocycles. The number of rotatable bonds is 12. The maximum Gasteiger partial charge on any atom is 0.412 e. The SMILES string of the molecule is C=CCOC(=O)/C=C(\C)C[C@H](OC(=O)Nc1ccc(OC)cc1)c1ccc(OCCO)cc1. The van der Waals surface area contributed by atoms with Crippen molar-refractivity contribution in [3.05, 3.63) is 78.4 Å². The van der Waals surface area contributed by atoms with Crippen molar-refractivity contribution < 1.29 is 33.6 Å². The van der Waals surface area contributed by atoms with Crippen LogP contribution in [0.5, 0.6) is 11.5 Å². The van der Waals surface area contributed by atoms with Gasteiger partial charge in [-0.15, -0.1) is 0 Å². The number of nitrogens with one attached hydrogen (secondary N) is 1. The third kappa shape index (κ3) is 9.08. The lowest BCUT2D eigenvalue weighted by Crippen LogP contribution is -2.18. The van der Waals surface area contributed by atoms with Crippen molar-refractivity contribution in [2.24, 2.45) is 0 Å². The molecule has 0 aromatic heterocycles. The van der Waals surface area contributed by atoms with Gasteiger partial charge in [-0.25, -0.2) is 9.59 Å². The molecule has 8 nitrogen and oxygen atoms in total. The second kappa shape index (κ2) is 13.6. The number of ether oxygens (including phenoxy) is 4. The van der Waals surface area contributed by atoms with Crippen LogP contribution in [0.25, 0.3) is 0 Å². The zero-order valence-corrected chi connectivity index (χ0v) is 18.8. The first-order valence-electron chi connectivity index (χ1n) is 10.3. The number of hydrogen-bond donors (Lipinski definition) is 2. The molecule has 2 aromatic carbocycles. The van der Waals surface area contributed by atoms with Crippen LogP contribution in [0.15, 0.2) is 72.8 Å². The van der Waals surface area contributed by atoms with E-state index in [0.29, 0.717) is 28.3 Å². The molecule has 0 radical (unpaired) electrons. The van der Waals surface area contributed by atoms with Crippen LogP contribution in [0.1, 0.15) is 25.0 Å². The second-order valence-electron chi connectivity index (χ2n) is 7.00. The van der Waals surface area contributed by atoms with E-state index < -0.39 is 18.2 Å². The molecule has 2 rings (SSSR count). The summed E-state index contributed by atoms with van der Waals surface area (Å²) in [7, 11) is 1.56. The maximum absolute atomic E-state index is 12.6. The first-order valence-corrected chi connectivity index (χ1v) is 10.3. The van der Waals surface area contributed by atoms with Crippen molar-refractivity contribution in [3.8, 4) is 11.5 Å². The Balaban J connectivity index is 2.14. The highest BCUT2D eigenvalue weighted by atomic mass is 16.6. The van der Waals surface area contributed by atoms with E-state index in [0.717, 1.165) is 0 Å². The molecule has 8 heteroatoms. The van der Waals surface area contributed by atoms with Crippen LogP contribution in [-0.2, 0) is 14.3 Å². The fourth-order valence-corrected chi connectivity index (χ4v) is 2.86. The van der Waals surface area contributed by atoms with Crippen LogP contribution >= 0.6 is 0 Å². The Morgan fingerprint density at radius 3 is 2.36 bits per heavy atom. The fourth-order valence-electron chi connectivity index (χ4n) is 2.86. The van der Waals surface area contributed by atoms with E-state index >= 15 is 0 Å². The Bertz CT molecular complexity index is 936. The Morgan fingerprint density at radius 2 is 1.76 bits per heavy atom. The predicted molar refractivity (Wildman–Crippen MR) is 124 cm³/mol. The average Bonchev–Trinajstić information content (AvgIpc) is 2.81. The van der Waals surface area contributed by atoms with Gasteiger partial charge in [-0.3, -0.25) is 5.32 Å². The molecule has 2 N–H and O–H groups in total. The summed E-state index contributed by atoms with van der Waals surface area (Å²) < 4.78 is 21.2. The van der Waals surface area contributed by atoms with Gasteiger partial charge in [-0.2, -0.15) is 0 Å². The molecular weight excluding hydrogens is 426 g/mol. The summed E-state index contributed by atoms with van der Waals surface area (Å²) in [6.45, 7) is 5.46. The van der Waals surface area contributed by atoms with E-state index in [-0.39, 0.29) is 26.2 Å². The standard InChI is InChI=1S/C25H29NO7/c1-4-14-32-24(28)17-18(2)16-23(19-5-9-22(10-6-19)31-15-13-27)33-25(29)26-20-7-11-21(30-3)12-8-20/h4-12,17,23,27H,1,13-16H2,2-3H3,(H,26,29)/b18-17+/t23-/m0/s1. The number of benzene rings is 2. The summed E-state index contributed by atoms with van der Waals surface area (Å²) in [6, 6.07) is 13.8. The third-order valence-electron chi connectivity index (χ3n) is 4.41. The molecule has 0 bridgehead atoms. The summed E-state index contributed by atoms with van der Waals surface area (Å²) in [6.07, 6.45) is 1.80. The molecule has 176 valence electrons. The highest BCUT2D eigenvalue weighted by Gasteiger charge is 2.19. The van der Waals surface area contributed by atoms with Crippen LogP contribution in [0.4, 0.5) is 10.5 Å². The van der Waals surface area contributed by atoms with E-state index in [4.69, 9.17) is 24.1 Å². The summed E-state index contributed by atoms with van der Waals surface area (Å²) in [4.78, 5) is 24.4. The Hall–Kier alpha value is -3.78. The number of carbonyl (C=O) groups excluding carboxylic acids is 2. The van der Waals surface area contributed by atoms with E-state index in [2.05, 4.69) is 11.9 Å². The number of anilines is 1. The van der Waals surface area contributed by atoms with Gasteiger partial charge in [0.05, 0.1) is 13.7 Å². The van der Waals surface area contributed by atoms with Crippen molar-refractivity contribution in [2.75, 3.05) is 32.2 Å². The summed E-state index contributed by atoms with van der Waals surface area (Å²) in [5.74, 6) is 0.746.